The first-order valence-electron chi connectivity index (χ1n) is 6.77. The summed E-state index contributed by atoms with van der Waals surface area (Å²) in [5.41, 5.74) is 2.47. The number of aromatic nitrogens is 1. The van der Waals surface area contributed by atoms with Crippen molar-refractivity contribution in [1.29, 1.82) is 0 Å². The number of nitrogens with zero attached hydrogens (tertiary/aromatic N) is 1. The van der Waals surface area contributed by atoms with Crippen LogP contribution in [-0.2, 0) is 13.0 Å². The van der Waals surface area contributed by atoms with Crippen molar-refractivity contribution in [3.05, 3.63) is 41.9 Å². The van der Waals surface area contributed by atoms with E-state index in [4.69, 9.17) is 4.42 Å². The molecule has 0 radical (unpaired) electrons. The second kappa shape index (κ2) is 5.57. The van der Waals surface area contributed by atoms with Gasteiger partial charge in [0.25, 0.3) is 0 Å². The molecule has 3 heteroatoms. The van der Waals surface area contributed by atoms with E-state index in [0.29, 0.717) is 6.54 Å². The molecular formula is C16H22N2O. The van der Waals surface area contributed by atoms with Crippen LogP contribution in [0, 0.1) is 0 Å². The van der Waals surface area contributed by atoms with Crippen molar-refractivity contribution in [3.8, 4) is 11.3 Å². The molecule has 0 aliphatic carbocycles. The molecule has 0 atom stereocenters. The van der Waals surface area contributed by atoms with Crippen molar-refractivity contribution in [3.63, 3.8) is 0 Å². The molecule has 0 aliphatic heterocycles. The summed E-state index contributed by atoms with van der Waals surface area (Å²) in [5.74, 6) is 1.55. The van der Waals surface area contributed by atoms with Crippen LogP contribution < -0.4 is 5.32 Å². The van der Waals surface area contributed by atoms with Crippen LogP contribution in [0.25, 0.3) is 11.3 Å². The number of nitrogens with one attached hydrogen (secondary N) is 1. The molecule has 1 aromatic carbocycles. The van der Waals surface area contributed by atoms with Gasteiger partial charge in [-0.05, 0) is 32.8 Å². The van der Waals surface area contributed by atoms with Crippen LogP contribution >= 0.6 is 0 Å². The Balaban J connectivity index is 2.07. The van der Waals surface area contributed by atoms with Gasteiger partial charge in [-0.25, -0.2) is 4.98 Å². The summed E-state index contributed by atoms with van der Waals surface area (Å²) in [4.78, 5) is 4.31. The normalized spacial score (nSPS) is 11.8. The van der Waals surface area contributed by atoms with Gasteiger partial charge in [-0.15, -0.1) is 0 Å². The van der Waals surface area contributed by atoms with E-state index in [2.05, 4.69) is 62.3 Å². The van der Waals surface area contributed by atoms with E-state index in [9.17, 15) is 0 Å². The average Bonchev–Trinajstić information content (AvgIpc) is 2.84. The highest BCUT2D eigenvalue weighted by molar-refractivity contribution is 5.56. The smallest absolute Gasteiger partial charge is 0.208 e. The van der Waals surface area contributed by atoms with Crippen LogP contribution in [0.5, 0.6) is 0 Å². The molecule has 1 N–H and O–H groups in total. The lowest BCUT2D eigenvalue weighted by molar-refractivity contribution is 0.383. The lowest BCUT2D eigenvalue weighted by Crippen LogP contribution is -2.35. The lowest BCUT2D eigenvalue weighted by Gasteiger charge is -2.18. The highest BCUT2D eigenvalue weighted by Crippen LogP contribution is 2.21. The van der Waals surface area contributed by atoms with E-state index >= 15 is 0 Å². The van der Waals surface area contributed by atoms with Crippen LogP contribution in [-0.4, -0.2) is 10.5 Å². The molecule has 3 nitrogen and oxygen atoms in total. The Kier molecular flexibility index (Phi) is 4.05. The Hall–Kier alpha value is -1.61. The first-order valence-corrected chi connectivity index (χ1v) is 6.77. The van der Waals surface area contributed by atoms with Gasteiger partial charge in [0.05, 0.1) is 12.7 Å². The molecule has 1 aromatic heterocycles. The number of hydrogen-bond donors (Lipinski definition) is 1. The van der Waals surface area contributed by atoms with Gasteiger partial charge in [-0.1, -0.05) is 31.2 Å². The van der Waals surface area contributed by atoms with Gasteiger partial charge in [0.2, 0.25) is 5.89 Å². The fourth-order valence-corrected chi connectivity index (χ4v) is 1.77. The number of aryl methyl sites for hydroxylation is 1. The number of oxazole rings is 1. The summed E-state index contributed by atoms with van der Waals surface area (Å²) >= 11 is 0. The highest BCUT2D eigenvalue weighted by Gasteiger charge is 2.11. The summed E-state index contributed by atoms with van der Waals surface area (Å²) in [5, 5.41) is 3.36. The van der Waals surface area contributed by atoms with Gasteiger partial charge in [-0.3, -0.25) is 0 Å². The van der Waals surface area contributed by atoms with Gasteiger partial charge in [0, 0.05) is 11.1 Å². The molecule has 0 unspecified atom stereocenters. The third-order valence-corrected chi connectivity index (χ3v) is 2.97. The molecule has 1 heterocycles. The van der Waals surface area contributed by atoms with E-state index < -0.39 is 0 Å². The molecule has 19 heavy (non-hydrogen) atoms. The average molecular weight is 258 g/mol. The highest BCUT2D eigenvalue weighted by atomic mass is 16.4. The van der Waals surface area contributed by atoms with Gasteiger partial charge >= 0.3 is 0 Å². The Morgan fingerprint density at radius 1 is 1.16 bits per heavy atom. The van der Waals surface area contributed by atoms with Crippen molar-refractivity contribution in [2.24, 2.45) is 0 Å². The third-order valence-electron chi connectivity index (χ3n) is 2.97. The maximum Gasteiger partial charge on any atom is 0.208 e. The molecule has 0 saturated carbocycles. The minimum absolute atomic E-state index is 0.0669. The SMILES string of the molecule is CCc1ccc(-c2cnc(CNC(C)(C)C)o2)cc1. The molecule has 2 aromatic rings. The zero-order chi connectivity index (χ0) is 13.9. The fraction of sp³-hybridized carbons (Fsp3) is 0.438. The van der Waals surface area contributed by atoms with E-state index in [1.54, 1.807) is 6.20 Å². The molecule has 102 valence electrons. The molecule has 0 amide bonds. The van der Waals surface area contributed by atoms with E-state index in [-0.39, 0.29) is 5.54 Å². The molecule has 0 spiro atoms. The van der Waals surface area contributed by atoms with Crippen molar-refractivity contribution in [2.75, 3.05) is 0 Å². The minimum atomic E-state index is 0.0669. The monoisotopic (exact) mass is 258 g/mol. The zero-order valence-electron chi connectivity index (χ0n) is 12.2. The second-order valence-electron chi connectivity index (χ2n) is 5.77. The van der Waals surface area contributed by atoms with Crippen LogP contribution in [0.4, 0.5) is 0 Å². The second-order valence-corrected chi connectivity index (χ2v) is 5.77. The lowest BCUT2D eigenvalue weighted by atomic mass is 10.1. The van der Waals surface area contributed by atoms with Crippen LogP contribution in [0.1, 0.15) is 39.1 Å². The standard InChI is InChI=1S/C16H22N2O/c1-5-12-6-8-13(9-7-12)14-10-17-15(19-14)11-18-16(2,3)4/h6-10,18H,5,11H2,1-4H3. The van der Waals surface area contributed by atoms with Crippen LogP contribution in [0.3, 0.4) is 0 Å². The molecule has 0 saturated heterocycles. The van der Waals surface area contributed by atoms with E-state index in [1.165, 1.54) is 5.56 Å². The Morgan fingerprint density at radius 3 is 2.42 bits per heavy atom. The van der Waals surface area contributed by atoms with Crippen molar-refractivity contribution in [2.45, 2.75) is 46.2 Å². The van der Waals surface area contributed by atoms with Crippen LogP contribution in [0.15, 0.2) is 34.9 Å². The molecule has 0 fully saturated rings. The number of benzene rings is 1. The summed E-state index contributed by atoms with van der Waals surface area (Å²) in [6.45, 7) is 9.18. The van der Waals surface area contributed by atoms with Crippen molar-refractivity contribution < 1.29 is 4.42 Å². The fourth-order valence-electron chi connectivity index (χ4n) is 1.77. The summed E-state index contributed by atoms with van der Waals surface area (Å²) in [7, 11) is 0. The zero-order valence-corrected chi connectivity index (χ0v) is 12.2. The Morgan fingerprint density at radius 2 is 1.84 bits per heavy atom. The van der Waals surface area contributed by atoms with Gasteiger partial charge in [0.1, 0.15) is 0 Å². The molecule has 2 rings (SSSR count). The predicted molar refractivity (Wildman–Crippen MR) is 77.9 cm³/mol. The largest absolute Gasteiger partial charge is 0.439 e. The molecule has 0 aliphatic rings. The maximum absolute atomic E-state index is 5.76. The van der Waals surface area contributed by atoms with Crippen LogP contribution in [0.2, 0.25) is 0 Å². The van der Waals surface area contributed by atoms with E-state index in [0.717, 1.165) is 23.6 Å². The van der Waals surface area contributed by atoms with Crippen molar-refractivity contribution >= 4 is 0 Å². The summed E-state index contributed by atoms with van der Waals surface area (Å²) in [6.07, 6.45) is 2.85. The summed E-state index contributed by atoms with van der Waals surface area (Å²) in [6, 6.07) is 8.43. The Bertz CT molecular complexity index is 520. The van der Waals surface area contributed by atoms with Gasteiger partial charge in [-0.2, -0.15) is 0 Å². The van der Waals surface area contributed by atoms with Gasteiger partial charge in [0.15, 0.2) is 5.76 Å². The Labute approximate surface area is 115 Å². The number of hydrogen-bond acceptors (Lipinski definition) is 3. The quantitative estimate of drug-likeness (QED) is 0.906. The maximum atomic E-state index is 5.76. The van der Waals surface area contributed by atoms with Crippen molar-refractivity contribution in [1.82, 2.24) is 10.3 Å². The van der Waals surface area contributed by atoms with E-state index in [1.807, 2.05) is 0 Å². The first kappa shape index (κ1) is 13.8. The topological polar surface area (TPSA) is 38.1 Å². The predicted octanol–water partition coefficient (Wildman–Crippen LogP) is 3.79. The first-order chi connectivity index (χ1) is 8.98. The molecular weight excluding hydrogens is 236 g/mol. The minimum Gasteiger partial charge on any atom is -0.439 e. The third kappa shape index (κ3) is 3.93. The summed E-state index contributed by atoms with van der Waals surface area (Å²) < 4.78 is 5.76. The van der Waals surface area contributed by atoms with Gasteiger partial charge < -0.3 is 9.73 Å². The number of rotatable bonds is 4. The molecule has 0 bridgehead atoms.